The Labute approximate surface area is 91.8 Å². The van der Waals surface area contributed by atoms with Crippen LogP contribution < -0.4 is 0 Å². The van der Waals surface area contributed by atoms with Gasteiger partial charge in [-0.3, -0.25) is 0 Å². The van der Waals surface area contributed by atoms with Crippen LogP contribution in [0.15, 0.2) is 41.0 Å². The minimum atomic E-state index is -1.08. The van der Waals surface area contributed by atoms with Gasteiger partial charge in [0.25, 0.3) is 0 Å². The van der Waals surface area contributed by atoms with Gasteiger partial charge in [0.15, 0.2) is 0 Å². The number of benzene rings is 1. The Bertz CT molecular complexity index is 513. The van der Waals surface area contributed by atoms with Gasteiger partial charge < -0.3 is 14.6 Å². The van der Waals surface area contributed by atoms with E-state index in [0.29, 0.717) is 6.42 Å². The smallest absolute Gasteiger partial charge is 0.371 e. The Morgan fingerprint density at radius 2 is 2.06 bits per heavy atom. The lowest BCUT2D eigenvalue weighted by atomic mass is 10.1. The molecule has 0 aliphatic heterocycles. The largest absolute Gasteiger partial charge is 0.508 e. The molecular formula is C12H10O4. The van der Waals surface area contributed by atoms with Crippen LogP contribution in [0.4, 0.5) is 0 Å². The normalized spacial score (nSPS) is 10.2. The topological polar surface area (TPSA) is 70.7 Å². The molecule has 1 heterocycles. The molecule has 16 heavy (non-hydrogen) atoms. The second-order valence-electron chi connectivity index (χ2n) is 3.47. The van der Waals surface area contributed by atoms with Crippen LogP contribution in [0, 0.1) is 0 Å². The Morgan fingerprint density at radius 3 is 2.69 bits per heavy atom. The molecule has 2 N–H and O–H groups in total. The predicted octanol–water partition coefficient (Wildman–Crippen LogP) is 2.27. The maximum Gasteiger partial charge on any atom is 0.371 e. The van der Waals surface area contributed by atoms with Gasteiger partial charge in [-0.1, -0.05) is 12.1 Å². The molecule has 0 saturated carbocycles. The summed E-state index contributed by atoms with van der Waals surface area (Å²) in [6, 6.07) is 8.29. The van der Waals surface area contributed by atoms with Crippen LogP contribution in [0.25, 0.3) is 0 Å². The number of furan rings is 1. The molecule has 0 aliphatic carbocycles. The van der Waals surface area contributed by atoms with Gasteiger partial charge in [0.05, 0.1) is 6.26 Å². The molecule has 0 atom stereocenters. The molecule has 0 fully saturated rings. The van der Waals surface area contributed by atoms with E-state index in [-0.39, 0.29) is 11.5 Å². The zero-order valence-corrected chi connectivity index (χ0v) is 8.38. The highest BCUT2D eigenvalue weighted by atomic mass is 16.4. The van der Waals surface area contributed by atoms with Gasteiger partial charge in [-0.05, 0) is 29.3 Å². The Hall–Kier alpha value is -2.23. The molecular weight excluding hydrogens is 208 g/mol. The van der Waals surface area contributed by atoms with Gasteiger partial charge in [0.1, 0.15) is 5.75 Å². The average molecular weight is 218 g/mol. The fourth-order valence-corrected chi connectivity index (χ4v) is 1.48. The summed E-state index contributed by atoms with van der Waals surface area (Å²) in [6.07, 6.45) is 1.94. The van der Waals surface area contributed by atoms with Crippen molar-refractivity contribution in [3.05, 3.63) is 53.5 Å². The summed E-state index contributed by atoms with van der Waals surface area (Å²) in [5.74, 6) is -0.961. The molecule has 0 unspecified atom stereocenters. The molecule has 2 rings (SSSR count). The van der Waals surface area contributed by atoms with Crippen LogP contribution in [-0.4, -0.2) is 16.2 Å². The molecule has 0 bridgehead atoms. The van der Waals surface area contributed by atoms with Crippen molar-refractivity contribution in [2.24, 2.45) is 0 Å². The summed E-state index contributed by atoms with van der Waals surface area (Å²) in [4.78, 5) is 10.6. The lowest BCUT2D eigenvalue weighted by Crippen LogP contribution is -1.92. The highest BCUT2D eigenvalue weighted by molar-refractivity contribution is 5.84. The fourth-order valence-electron chi connectivity index (χ4n) is 1.48. The summed E-state index contributed by atoms with van der Waals surface area (Å²) < 4.78 is 4.87. The first kappa shape index (κ1) is 10.3. The summed E-state index contributed by atoms with van der Waals surface area (Å²) in [5, 5.41) is 17.9. The highest BCUT2D eigenvalue weighted by Crippen LogP contribution is 2.16. The summed E-state index contributed by atoms with van der Waals surface area (Å²) in [5.41, 5.74) is 1.67. The van der Waals surface area contributed by atoms with Crippen molar-refractivity contribution < 1.29 is 19.4 Å². The zero-order valence-electron chi connectivity index (χ0n) is 8.38. The van der Waals surface area contributed by atoms with E-state index in [1.54, 1.807) is 18.2 Å². The number of aromatic carboxylic acids is 1. The molecule has 0 saturated heterocycles. The number of phenols is 1. The Morgan fingerprint density at radius 1 is 1.25 bits per heavy atom. The maximum atomic E-state index is 10.6. The van der Waals surface area contributed by atoms with Crippen molar-refractivity contribution in [3.63, 3.8) is 0 Å². The highest BCUT2D eigenvalue weighted by Gasteiger charge is 2.09. The summed E-state index contributed by atoms with van der Waals surface area (Å²) in [6.45, 7) is 0. The molecule has 0 spiro atoms. The predicted molar refractivity (Wildman–Crippen MR) is 56.6 cm³/mol. The van der Waals surface area contributed by atoms with E-state index in [9.17, 15) is 9.90 Å². The van der Waals surface area contributed by atoms with Crippen molar-refractivity contribution in [1.29, 1.82) is 0 Å². The second-order valence-corrected chi connectivity index (χ2v) is 3.47. The third kappa shape index (κ3) is 2.23. The van der Waals surface area contributed by atoms with Gasteiger partial charge >= 0.3 is 5.97 Å². The summed E-state index contributed by atoms with van der Waals surface area (Å²) in [7, 11) is 0. The molecule has 4 nitrogen and oxygen atoms in total. The number of carbonyl (C=O) groups is 1. The summed E-state index contributed by atoms with van der Waals surface area (Å²) >= 11 is 0. The first-order valence-corrected chi connectivity index (χ1v) is 4.74. The minimum Gasteiger partial charge on any atom is -0.508 e. The van der Waals surface area contributed by atoms with E-state index in [2.05, 4.69) is 0 Å². The van der Waals surface area contributed by atoms with Crippen LogP contribution in [0.1, 0.15) is 21.7 Å². The maximum absolute atomic E-state index is 10.6. The van der Waals surface area contributed by atoms with E-state index in [4.69, 9.17) is 9.52 Å². The third-order valence-corrected chi connectivity index (χ3v) is 2.18. The Balaban J connectivity index is 2.17. The van der Waals surface area contributed by atoms with Crippen LogP contribution in [0.3, 0.4) is 0 Å². The molecule has 1 aromatic carbocycles. The van der Waals surface area contributed by atoms with Crippen LogP contribution >= 0.6 is 0 Å². The Kier molecular flexibility index (Phi) is 2.64. The number of carboxylic acids is 1. The molecule has 0 radical (unpaired) electrons. The number of rotatable bonds is 3. The molecule has 82 valence electrons. The van der Waals surface area contributed by atoms with Gasteiger partial charge in [0.2, 0.25) is 5.76 Å². The number of hydrogen-bond acceptors (Lipinski definition) is 3. The molecule has 4 heteroatoms. The van der Waals surface area contributed by atoms with Crippen molar-refractivity contribution in [1.82, 2.24) is 0 Å². The van der Waals surface area contributed by atoms with Crippen LogP contribution in [0.5, 0.6) is 5.75 Å². The van der Waals surface area contributed by atoms with Crippen LogP contribution in [0.2, 0.25) is 0 Å². The van der Waals surface area contributed by atoms with E-state index in [1.807, 2.05) is 6.07 Å². The number of aromatic hydroxyl groups is 1. The molecule has 0 amide bonds. The van der Waals surface area contributed by atoms with Gasteiger partial charge in [-0.25, -0.2) is 4.79 Å². The van der Waals surface area contributed by atoms with Gasteiger partial charge in [-0.2, -0.15) is 0 Å². The third-order valence-electron chi connectivity index (χ3n) is 2.18. The van der Waals surface area contributed by atoms with E-state index >= 15 is 0 Å². The van der Waals surface area contributed by atoms with E-state index < -0.39 is 5.97 Å². The lowest BCUT2D eigenvalue weighted by molar-refractivity contribution is 0.0662. The molecule has 2 aromatic rings. The minimum absolute atomic E-state index is 0.0739. The van der Waals surface area contributed by atoms with Crippen molar-refractivity contribution >= 4 is 5.97 Å². The van der Waals surface area contributed by atoms with Crippen molar-refractivity contribution in [2.75, 3.05) is 0 Å². The number of hydrogen-bond donors (Lipinski definition) is 2. The average Bonchev–Trinajstić information content (AvgIpc) is 2.66. The second kappa shape index (κ2) is 4.10. The number of carboxylic acid groups (broad SMARTS) is 1. The van der Waals surface area contributed by atoms with E-state index in [1.165, 1.54) is 12.3 Å². The number of phenolic OH excluding ortho intramolecular Hbond substituents is 1. The van der Waals surface area contributed by atoms with Crippen molar-refractivity contribution in [3.8, 4) is 5.75 Å². The first-order chi connectivity index (χ1) is 7.65. The quantitative estimate of drug-likeness (QED) is 0.829. The molecule has 0 aliphatic rings. The van der Waals surface area contributed by atoms with Crippen molar-refractivity contribution in [2.45, 2.75) is 6.42 Å². The van der Waals surface area contributed by atoms with Gasteiger partial charge in [-0.15, -0.1) is 0 Å². The standard InChI is InChI=1S/C12H10O4/c13-10-3-1-2-8(5-10)4-9-6-11(12(14)15)16-7-9/h1-3,5-7,13H,4H2,(H,14,15). The monoisotopic (exact) mass is 218 g/mol. The van der Waals surface area contributed by atoms with Gasteiger partial charge in [0, 0.05) is 6.42 Å². The molecule has 1 aromatic heterocycles. The van der Waals surface area contributed by atoms with Crippen LogP contribution in [-0.2, 0) is 6.42 Å². The SMILES string of the molecule is O=C(O)c1cc(Cc2cccc(O)c2)co1. The van der Waals surface area contributed by atoms with E-state index in [0.717, 1.165) is 11.1 Å². The first-order valence-electron chi connectivity index (χ1n) is 4.74. The zero-order chi connectivity index (χ0) is 11.5. The fraction of sp³-hybridized carbons (Fsp3) is 0.0833. The lowest BCUT2D eigenvalue weighted by Gasteiger charge is -1.98.